The summed E-state index contributed by atoms with van der Waals surface area (Å²) < 4.78 is 8.27. The SMILES string of the molecule is COc1cc(C)cc2cc(-c3c(C=O)c(CN4CCN(C(=O)O)CC4)n4ncnc(N)c34)sc12. The fourth-order valence-electron chi connectivity index (χ4n) is 4.57. The third-order valence-electron chi connectivity index (χ3n) is 6.22. The second-order valence-corrected chi connectivity index (χ2v) is 9.35. The van der Waals surface area contributed by atoms with Crippen molar-refractivity contribution in [3.8, 4) is 16.2 Å². The highest BCUT2D eigenvalue weighted by Gasteiger charge is 2.27. The first kappa shape index (κ1) is 22.1. The maximum atomic E-state index is 12.5. The highest BCUT2D eigenvalue weighted by molar-refractivity contribution is 7.22. The Bertz CT molecular complexity index is 1420. The van der Waals surface area contributed by atoms with Crippen LogP contribution in [0, 0.1) is 6.92 Å². The van der Waals surface area contributed by atoms with Gasteiger partial charge in [0.05, 0.1) is 17.5 Å². The average molecular weight is 481 g/mol. The van der Waals surface area contributed by atoms with Crippen LogP contribution in [0.3, 0.4) is 0 Å². The van der Waals surface area contributed by atoms with E-state index in [-0.39, 0.29) is 5.82 Å². The highest BCUT2D eigenvalue weighted by Crippen LogP contribution is 2.43. The molecule has 0 saturated carbocycles. The Hall–Kier alpha value is -3.70. The van der Waals surface area contributed by atoms with E-state index in [1.807, 2.05) is 19.1 Å². The van der Waals surface area contributed by atoms with Gasteiger partial charge in [-0.2, -0.15) is 5.10 Å². The molecule has 0 spiro atoms. The Labute approximate surface area is 199 Å². The number of thiophene rings is 1. The van der Waals surface area contributed by atoms with Crippen LogP contribution in [0.1, 0.15) is 21.6 Å². The van der Waals surface area contributed by atoms with Crippen molar-refractivity contribution < 1.29 is 19.4 Å². The maximum Gasteiger partial charge on any atom is 0.407 e. The minimum absolute atomic E-state index is 0.288. The summed E-state index contributed by atoms with van der Waals surface area (Å²) >= 11 is 1.53. The van der Waals surface area contributed by atoms with Crippen LogP contribution in [0.4, 0.5) is 10.6 Å². The van der Waals surface area contributed by atoms with Crippen LogP contribution in [-0.2, 0) is 6.54 Å². The lowest BCUT2D eigenvalue weighted by Gasteiger charge is -2.32. The van der Waals surface area contributed by atoms with Crippen molar-refractivity contribution in [1.29, 1.82) is 0 Å². The number of carbonyl (C=O) groups is 2. The van der Waals surface area contributed by atoms with Gasteiger partial charge in [0.25, 0.3) is 0 Å². The number of methoxy groups -OCH3 is 1. The van der Waals surface area contributed by atoms with E-state index in [9.17, 15) is 14.7 Å². The van der Waals surface area contributed by atoms with E-state index in [0.29, 0.717) is 55.1 Å². The molecule has 0 unspecified atom stereocenters. The van der Waals surface area contributed by atoms with E-state index >= 15 is 0 Å². The summed E-state index contributed by atoms with van der Waals surface area (Å²) in [5.41, 5.74) is 9.88. The predicted molar refractivity (Wildman–Crippen MR) is 130 cm³/mol. The fourth-order valence-corrected chi connectivity index (χ4v) is 5.76. The number of hydrogen-bond donors (Lipinski definition) is 2. The number of aryl methyl sites for hydroxylation is 1. The largest absolute Gasteiger partial charge is 0.495 e. The molecule has 3 N–H and O–H groups in total. The molecule has 1 saturated heterocycles. The molecular weight excluding hydrogens is 456 g/mol. The van der Waals surface area contributed by atoms with E-state index in [0.717, 1.165) is 32.6 Å². The Morgan fingerprint density at radius 3 is 2.71 bits per heavy atom. The normalized spacial score (nSPS) is 14.7. The smallest absolute Gasteiger partial charge is 0.407 e. The van der Waals surface area contributed by atoms with Crippen LogP contribution >= 0.6 is 11.3 Å². The molecule has 0 bridgehead atoms. The van der Waals surface area contributed by atoms with E-state index < -0.39 is 6.09 Å². The topological polar surface area (TPSA) is 126 Å². The van der Waals surface area contributed by atoms with Crippen molar-refractivity contribution in [2.24, 2.45) is 0 Å². The molecule has 4 aromatic rings. The lowest BCUT2D eigenvalue weighted by Crippen LogP contribution is -2.48. The first-order valence-electron chi connectivity index (χ1n) is 10.8. The molecule has 4 heterocycles. The zero-order valence-electron chi connectivity index (χ0n) is 18.8. The third-order valence-corrected chi connectivity index (χ3v) is 7.40. The number of aromatic nitrogens is 3. The van der Waals surface area contributed by atoms with E-state index in [1.165, 1.54) is 22.6 Å². The number of amides is 1. The average Bonchev–Trinajstić information content (AvgIpc) is 3.38. The van der Waals surface area contributed by atoms with E-state index in [2.05, 4.69) is 21.0 Å². The standard InChI is InChI=1S/C23H24N6O4S/c1-13-7-14-9-18(34-21(14)17(8-13)33-2)19-15(11-30)16(29-20(19)22(24)25-12-26-29)10-27-3-5-28(6-4-27)23(31)32/h7-9,11-12H,3-6,10H2,1-2H3,(H,31,32)(H2,24,25,26). The molecule has 1 aromatic carbocycles. The number of nitrogens with two attached hydrogens (primary N) is 1. The quantitative estimate of drug-likeness (QED) is 0.417. The Morgan fingerprint density at radius 2 is 2.03 bits per heavy atom. The summed E-state index contributed by atoms with van der Waals surface area (Å²) in [6.45, 7) is 4.40. The van der Waals surface area contributed by atoms with Gasteiger partial charge in [0.2, 0.25) is 0 Å². The number of aldehydes is 1. The zero-order chi connectivity index (χ0) is 24.0. The first-order valence-corrected chi connectivity index (χ1v) is 11.6. The molecule has 34 heavy (non-hydrogen) atoms. The van der Waals surface area contributed by atoms with Gasteiger partial charge in [0.1, 0.15) is 17.6 Å². The Balaban J connectivity index is 1.64. The van der Waals surface area contributed by atoms with Crippen LogP contribution < -0.4 is 10.5 Å². The zero-order valence-corrected chi connectivity index (χ0v) is 19.6. The molecule has 0 atom stereocenters. The molecule has 0 radical (unpaired) electrons. The monoisotopic (exact) mass is 480 g/mol. The number of fused-ring (bicyclic) bond motifs is 2. The van der Waals surface area contributed by atoms with Crippen molar-refractivity contribution in [1.82, 2.24) is 24.4 Å². The summed E-state index contributed by atoms with van der Waals surface area (Å²) in [6.07, 6.45) is 1.31. The number of nitrogen functional groups attached to an aromatic ring is 1. The number of anilines is 1. The maximum absolute atomic E-state index is 12.5. The molecule has 0 aliphatic carbocycles. The number of rotatable bonds is 5. The van der Waals surface area contributed by atoms with Crippen LogP contribution in [-0.4, -0.2) is 75.2 Å². The Morgan fingerprint density at radius 1 is 1.26 bits per heavy atom. The van der Waals surface area contributed by atoms with Crippen molar-refractivity contribution >= 4 is 45.1 Å². The van der Waals surface area contributed by atoms with Crippen LogP contribution in [0.5, 0.6) is 5.75 Å². The van der Waals surface area contributed by atoms with Crippen LogP contribution in [0.2, 0.25) is 0 Å². The van der Waals surface area contributed by atoms with Crippen molar-refractivity contribution in [3.63, 3.8) is 0 Å². The van der Waals surface area contributed by atoms with E-state index in [1.54, 1.807) is 11.6 Å². The number of carboxylic acid groups (broad SMARTS) is 1. The number of carbonyl (C=O) groups excluding carboxylic acids is 1. The highest BCUT2D eigenvalue weighted by atomic mass is 32.1. The molecule has 3 aromatic heterocycles. The summed E-state index contributed by atoms with van der Waals surface area (Å²) in [5, 5.41) is 14.7. The van der Waals surface area contributed by atoms with Crippen molar-refractivity contribution in [3.05, 3.63) is 41.3 Å². The fraction of sp³-hybridized carbons (Fsp3) is 0.304. The molecule has 176 valence electrons. The van der Waals surface area contributed by atoms with Gasteiger partial charge in [-0.3, -0.25) is 9.69 Å². The van der Waals surface area contributed by atoms with Crippen molar-refractivity contribution in [2.75, 3.05) is 39.0 Å². The van der Waals surface area contributed by atoms with Gasteiger partial charge in [-0.15, -0.1) is 11.3 Å². The second-order valence-electron chi connectivity index (χ2n) is 8.30. The summed E-state index contributed by atoms with van der Waals surface area (Å²) in [7, 11) is 1.65. The van der Waals surface area contributed by atoms with Gasteiger partial charge in [-0.1, -0.05) is 6.07 Å². The summed E-state index contributed by atoms with van der Waals surface area (Å²) in [6, 6.07) is 6.11. The minimum atomic E-state index is -0.917. The molecule has 1 amide bonds. The number of benzene rings is 1. The lowest BCUT2D eigenvalue weighted by atomic mass is 10.1. The molecule has 5 rings (SSSR count). The molecule has 11 heteroatoms. The molecule has 10 nitrogen and oxygen atoms in total. The number of ether oxygens (including phenoxy) is 1. The first-order chi connectivity index (χ1) is 16.4. The molecule has 1 aliphatic heterocycles. The predicted octanol–water partition coefficient (Wildman–Crippen LogP) is 3.12. The second kappa shape index (κ2) is 8.58. The van der Waals surface area contributed by atoms with Gasteiger partial charge in [-0.05, 0) is 30.0 Å². The number of piperazine rings is 1. The van der Waals surface area contributed by atoms with Gasteiger partial charge in [0, 0.05) is 48.7 Å². The van der Waals surface area contributed by atoms with Gasteiger partial charge < -0.3 is 20.5 Å². The lowest BCUT2D eigenvalue weighted by molar-refractivity contribution is 0.102. The van der Waals surface area contributed by atoms with Crippen LogP contribution in [0.25, 0.3) is 26.0 Å². The van der Waals surface area contributed by atoms with Gasteiger partial charge >= 0.3 is 6.09 Å². The summed E-state index contributed by atoms with van der Waals surface area (Å²) in [4.78, 5) is 32.3. The Kier molecular flexibility index (Phi) is 5.58. The van der Waals surface area contributed by atoms with Gasteiger partial charge in [-0.25, -0.2) is 14.3 Å². The van der Waals surface area contributed by atoms with Crippen molar-refractivity contribution in [2.45, 2.75) is 13.5 Å². The number of nitrogens with zero attached hydrogens (tertiary/aromatic N) is 5. The number of hydrogen-bond acceptors (Lipinski definition) is 8. The minimum Gasteiger partial charge on any atom is -0.495 e. The summed E-state index contributed by atoms with van der Waals surface area (Å²) in [5.74, 6) is 1.07. The molecule has 1 aliphatic rings. The molecular formula is C23H24N6O4S. The molecule has 1 fully saturated rings. The van der Waals surface area contributed by atoms with Gasteiger partial charge in [0.15, 0.2) is 12.1 Å². The van der Waals surface area contributed by atoms with E-state index in [4.69, 9.17) is 10.5 Å². The third kappa shape index (κ3) is 3.62. The van der Waals surface area contributed by atoms with Crippen LogP contribution in [0.15, 0.2) is 24.5 Å².